The van der Waals surface area contributed by atoms with Gasteiger partial charge in [0.1, 0.15) is 5.69 Å². The Hall–Kier alpha value is -3.15. The number of para-hydroxylation sites is 1. The van der Waals surface area contributed by atoms with E-state index < -0.39 is 0 Å². The van der Waals surface area contributed by atoms with Crippen LogP contribution in [0.1, 0.15) is 24.1 Å². The Labute approximate surface area is 145 Å². The normalized spacial score (nSPS) is 15.1. The highest BCUT2D eigenvalue weighted by molar-refractivity contribution is 6.02. The van der Waals surface area contributed by atoms with Crippen LogP contribution >= 0.6 is 0 Å². The van der Waals surface area contributed by atoms with E-state index in [1.165, 1.54) is 0 Å². The smallest absolute Gasteiger partial charge is 0.242 e. The summed E-state index contributed by atoms with van der Waals surface area (Å²) < 4.78 is 0. The van der Waals surface area contributed by atoms with Crippen LogP contribution in [0, 0.1) is 0 Å². The average molecular weight is 331 g/mol. The van der Waals surface area contributed by atoms with E-state index in [0.717, 1.165) is 28.6 Å². The molecular weight excluding hydrogens is 314 g/mol. The number of carbonyl (C=O) groups excluding carboxylic acids is 1. The lowest BCUT2D eigenvalue weighted by Gasteiger charge is -2.13. The molecular formula is C19H17N5O. The summed E-state index contributed by atoms with van der Waals surface area (Å²) in [7, 11) is 0. The molecule has 1 aromatic carbocycles. The summed E-state index contributed by atoms with van der Waals surface area (Å²) in [5, 5.41) is 7.23. The lowest BCUT2D eigenvalue weighted by atomic mass is 10.0. The van der Waals surface area contributed by atoms with Gasteiger partial charge in [0.05, 0.1) is 17.4 Å². The molecule has 1 saturated heterocycles. The van der Waals surface area contributed by atoms with E-state index in [1.807, 2.05) is 30.3 Å². The van der Waals surface area contributed by atoms with Crippen molar-refractivity contribution in [2.24, 2.45) is 5.10 Å². The number of hydrazone groups is 1. The van der Waals surface area contributed by atoms with Crippen LogP contribution in [-0.4, -0.2) is 38.1 Å². The monoisotopic (exact) mass is 331 g/mol. The Morgan fingerprint density at radius 2 is 2.04 bits per heavy atom. The van der Waals surface area contributed by atoms with E-state index in [1.54, 1.807) is 29.8 Å². The molecule has 1 amide bonds. The van der Waals surface area contributed by atoms with Crippen molar-refractivity contribution in [2.75, 3.05) is 6.54 Å². The fourth-order valence-electron chi connectivity index (χ4n) is 3.00. The maximum atomic E-state index is 12.0. The van der Waals surface area contributed by atoms with Crippen molar-refractivity contribution in [3.63, 3.8) is 0 Å². The van der Waals surface area contributed by atoms with Gasteiger partial charge in [-0.2, -0.15) is 5.10 Å². The van der Waals surface area contributed by atoms with Crippen molar-refractivity contribution >= 4 is 22.5 Å². The van der Waals surface area contributed by atoms with Crippen LogP contribution in [-0.2, 0) is 11.2 Å². The summed E-state index contributed by atoms with van der Waals surface area (Å²) in [5.74, 6) is 0.0565. The summed E-state index contributed by atoms with van der Waals surface area (Å²) in [4.78, 5) is 24.9. The Balaban J connectivity index is 1.76. The Bertz CT molecular complexity index is 933. The molecule has 6 heteroatoms. The number of benzene rings is 1. The van der Waals surface area contributed by atoms with Crippen molar-refractivity contribution in [1.29, 1.82) is 0 Å². The number of amides is 1. The molecule has 2 aromatic heterocycles. The summed E-state index contributed by atoms with van der Waals surface area (Å²) in [6, 6.07) is 9.99. The molecule has 1 fully saturated rings. The summed E-state index contributed by atoms with van der Waals surface area (Å²) in [5.41, 5.74) is 3.46. The SMILES string of the molecule is O=C1CCCN1N=C(Cc1ccnc2ccccc12)c1cnccn1. The summed E-state index contributed by atoms with van der Waals surface area (Å²) in [6.45, 7) is 0.652. The minimum Gasteiger partial charge on any atom is -0.273 e. The lowest BCUT2D eigenvalue weighted by Crippen LogP contribution is -2.22. The van der Waals surface area contributed by atoms with Gasteiger partial charge in [0, 0.05) is 43.4 Å². The topological polar surface area (TPSA) is 71.3 Å². The third kappa shape index (κ3) is 3.24. The van der Waals surface area contributed by atoms with Gasteiger partial charge < -0.3 is 0 Å². The standard InChI is InChI=1S/C19H17N5O/c25-19-6-3-11-24(19)23-17(18-13-20-9-10-22-18)12-14-7-8-21-16-5-2-1-4-15(14)16/h1-2,4-5,7-10,13H,3,6,11-12H2. The van der Waals surface area contributed by atoms with E-state index in [-0.39, 0.29) is 5.91 Å². The first kappa shape index (κ1) is 15.4. The van der Waals surface area contributed by atoms with Gasteiger partial charge in [-0.1, -0.05) is 18.2 Å². The fraction of sp³-hybridized carbons (Fsp3) is 0.211. The van der Waals surface area contributed by atoms with Crippen LogP contribution in [0.3, 0.4) is 0 Å². The third-order valence-electron chi connectivity index (χ3n) is 4.25. The average Bonchev–Trinajstić information content (AvgIpc) is 3.07. The third-order valence-corrected chi connectivity index (χ3v) is 4.25. The number of hydrogen-bond donors (Lipinski definition) is 0. The molecule has 1 aliphatic rings. The number of fused-ring (bicyclic) bond motifs is 1. The van der Waals surface area contributed by atoms with Crippen LogP contribution in [0.2, 0.25) is 0 Å². The molecule has 0 unspecified atom stereocenters. The molecule has 1 aliphatic heterocycles. The number of rotatable bonds is 4. The van der Waals surface area contributed by atoms with Crippen molar-refractivity contribution in [1.82, 2.24) is 20.0 Å². The molecule has 4 rings (SSSR count). The Kier molecular flexibility index (Phi) is 4.16. The van der Waals surface area contributed by atoms with E-state index in [0.29, 0.717) is 25.1 Å². The Morgan fingerprint density at radius 3 is 2.84 bits per heavy atom. The highest BCUT2D eigenvalue weighted by Crippen LogP contribution is 2.19. The number of pyridine rings is 1. The van der Waals surface area contributed by atoms with Crippen LogP contribution in [0.4, 0.5) is 0 Å². The second-order valence-corrected chi connectivity index (χ2v) is 5.92. The minimum absolute atomic E-state index is 0.0565. The van der Waals surface area contributed by atoms with Crippen LogP contribution in [0.15, 0.2) is 60.2 Å². The first-order valence-corrected chi connectivity index (χ1v) is 8.28. The zero-order valence-electron chi connectivity index (χ0n) is 13.7. The van der Waals surface area contributed by atoms with Gasteiger partial charge in [-0.25, -0.2) is 5.01 Å². The quantitative estimate of drug-likeness (QED) is 0.689. The second kappa shape index (κ2) is 6.76. The molecule has 0 saturated carbocycles. The zero-order chi connectivity index (χ0) is 17.1. The van der Waals surface area contributed by atoms with Crippen LogP contribution in [0.25, 0.3) is 10.9 Å². The van der Waals surface area contributed by atoms with E-state index in [2.05, 4.69) is 20.1 Å². The maximum absolute atomic E-state index is 12.0. The van der Waals surface area contributed by atoms with Crippen LogP contribution < -0.4 is 0 Å². The van der Waals surface area contributed by atoms with Gasteiger partial charge in [0.15, 0.2) is 0 Å². The molecule has 124 valence electrons. The van der Waals surface area contributed by atoms with Gasteiger partial charge in [-0.05, 0) is 24.1 Å². The second-order valence-electron chi connectivity index (χ2n) is 5.92. The summed E-state index contributed by atoms with van der Waals surface area (Å²) in [6.07, 6.45) is 8.70. The minimum atomic E-state index is 0.0565. The molecule has 6 nitrogen and oxygen atoms in total. The largest absolute Gasteiger partial charge is 0.273 e. The lowest BCUT2D eigenvalue weighted by molar-refractivity contribution is -0.127. The maximum Gasteiger partial charge on any atom is 0.242 e. The van der Waals surface area contributed by atoms with Gasteiger partial charge in [0.2, 0.25) is 5.91 Å². The molecule has 0 bridgehead atoms. The first-order valence-electron chi connectivity index (χ1n) is 8.28. The molecule has 0 aliphatic carbocycles. The van der Waals surface area contributed by atoms with Crippen molar-refractivity contribution in [3.8, 4) is 0 Å². The highest BCUT2D eigenvalue weighted by Gasteiger charge is 2.21. The molecule has 3 aromatic rings. The predicted octanol–water partition coefficient (Wildman–Crippen LogP) is 2.59. The van der Waals surface area contributed by atoms with Gasteiger partial charge >= 0.3 is 0 Å². The van der Waals surface area contributed by atoms with Crippen molar-refractivity contribution in [3.05, 3.63) is 66.4 Å². The fourth-order valence-corrected chi connectivity index (χ4v) is 3.00. The van der Waals surface area contributed by atoms with E-state index in [9.17, 15) is 4.79 Å². The zero-order valence-corrected chi connectivity index (χ0v) is 13.7. The number of carbonyl (C=O) groups is 1. The molecule has 25 heavy (non-hydrogen) atoms. The molecule has 0 N–H and O–H groups in total. The molecule has 0 spiro atoms. The van der Waals surface area contributed by atoms with Crippen molar-refractivity contribution in [2.45, 2.75) is 19.3 Å². The molecule has 3 heterocycles. The number of hydrogen-bond acceptors (Lipinski definition) is 5. The highest BCUT2D eigenvalue weighted by atomic mass is 16.2. The van der Waals surface area contributed by atoms with Gasteiger partial charge in [-0.15, -0.1) is 0 Å². The van der Waals surface area contributed by atoms with E-state index >= 15 is 0 Å². The van der Waals surface area contributed by atoms with Crippen LogP contribution in [0.5, 0.6) is 0 Å². The Morgan fingerprint density at radius 1 is 1.12 bits per heavy atom. The number of nitrogens with zero attached hydrogens (tertiary/aromatic N) is 5. The van der Waals surface area contributed by atoms with Gasteiger partial charge in [0.25, 0.3) is 0 Å². The summed E-state index contributed by atoms with van der Waals surface area (Å²) >= 11 is 0. The van der Waals surface area contributed by atoms with Gasteiger partial charge in [-0.3, -0.25) is 19.7 Å². The predicted molar refractivity (Wildman–Crippen MR) is 95.0 cm³/mol. The molecule has 0 atom stereocenters. The van der Waals surface area contributed by atoms with E-state index in [4.69, 9.17) is 0 Å². The first-order chi connectivity index (χ1) is 12.3. The number of aromatic nitrogens is 3. The molecule has 0 radical (unpaired) electrons. The van der Waals surface area contributed by atoms with Crippen molar-refractivity contribution < 1.29 is 4.79 Å².